The number of nitrogens with one attached hydrogen (secondary N) is 1. The number of aromatic nitrogens is 1. The third-order valence-corrected chi connectivity index (χ3v) is 5.44. The zero-order chi connectivity index (χ0) is 18.4. The van der Waals surface area contributed by atoms with Crippen LogP contribution in [0.15, 0.2) is 52.5 Å². The van der Waals surface area contributed by atoms with E-state index in [1.165, 1.54) is 17.7 Å². The molecule has 1 aliphatic rings. The van der Waals surface area contributed by atoms with Gasteiger partial charge in [-0.15, -0.1) is 11.8 Å². The number of hydroxylamine groups is 1. The first-order valence-electron chi connectivity index (χ1n) is 8.94. The molecule has 0 unspecified atom stereocenters. The summed E-state index contributed by atoms with van der Waals surface area (Å²) >= 11 is 1.69. The highest BCUT2D eigenvalue weighted by atomic mass is 32.2. The lowest BCUT2D eigenvalue weighted by Gasteiger charge is -2.23. The van der Waals surface area contributed by atoms with E-state index in [1.54, 1.807) is 24.0 Å². The van der Waals surface area contributed by atoms with Crippen LogP contribution in [0.1, 0.15) is 38.2 Å². The highest BCUT2D eigenvalue weighted by molar-refractivity contribution is 7.98. The number of pyridine rings is 1. The van der Waals surface area contributed by atoms with Crippen LogP contribution < -0.4 is 10.2 Å². The first-order chi connectivity index (χ1) is 12.7. The van der Waals surface area contributed by atoms with Crippen molar-refractivity contribution in [1.82, 2.24) is 10.5 Å². The molecular weight excluding hydrogens is 346 g/mol. The van der Waals surface area contributed by atoms with Gasteiger partial charge in [0.25, 0.3) is 0 Å². The van der Waals surface area contributed by atoms with Crippen LogP contribution in [0, 0.1) is 5.92 Å². The molecule has 2 N–H and O–H groups in total. The third-order valence-electron chi connectivity index (χ3n) is 4.69. The Morgan fingerprint density at radius 3 is 2.46 bits per heavy atom. The second-order valence-electron chi connectivity index (χ2n) is 6.67. The fourth-order valence-electron chi connectivity index (χ4n) is 3.07. The van der Waals surface area contributed by atoms with E-state index in [0.29, 0.717) is 11.7 Å². The van der Waals surface area contributed by atoms with Gasteiger partial charge in [0.15, 0.2) is 5.84 Å². The van der Waals surface area contributed by atoms with Gasteiger partial charge in [-0.3, -0.25) is 15.7 Å². The summed E-state index contributed by atoms with van der Waals surface area (Å²) in [4.78, 5) is 10.2. The van der Waals surface area contributed by atoms with Gasteiger partial charge in [0, 0.05) is 22.7 Å². The van der Waals surface area contributed by atoms with Gasteiger partial charge in [-0.2, -0.15) is 0 Å². The van der Waals surface area contributed by atoms with Crippen LogP contribution in [0.5, 0.6) is 11.6 Å². The van der Waals surface area contributed by atoms with E-state index in [4.69, 9.17) is 4.74 Å². The van der Waals surface area contributed by atoms with E-state index in [1.807, 2.05) is 36.6 Å². The second-order valence-corrected chi connectivity index (χ2v) is 7.55. The Labute approximate surface area is 158 Å². The van der Waals surface area contributed by atoms with Crippen LogP contribution in [-0.2, 0) is 0 Å². The molecule has 0 amide bonds. The predicted molar refractivity (Wildman–Crippen MR) is 105 cm³/mol. The smallest absolute Gasteiger partial charge is 0.219 e. The number of hydrogen-bond acceptors (Lipinski definition) is 5. The Morgan fingerprint density at radius 1 is 1.15 bits per heavy atom. The molecule has 26 heavy (non-hydrogen) atoms. The number of aliphatic imine (C=N–C) groups is 1. The van der Waals surface area contributed by atoms with E-state index in [-0.39, 0.29) is 6.04 Å². The van der Waals surface area contributed by atoms with Gasteiger partial charge >= 0.3 is 0 Å². The van der Waals surface area contributed by atoms with Crippen molar-refractivity contribution in [2.45, 2.75) is 43.5 Å². The standard InChI is InChI=1S/C20H25N3O2S/c1-14-3-6-16(7-4-14)22-20(23-24)15-5-12-19(21-13-15)25-17-8-10-18(26-2)11-9-17/h5,8-14,16,24H,3-4,6-7H2,1-2H3,(H,22,23). The van der Waals surface area contributed by atoms with Crippen molar-refractivity contribution in [3.05, 3.63) is 48.2 Å². The maximum absolute atomic E-state index is 9.47. The summed E-state index contributed by atoms with van der Waals surface area (Å²) in [6.07, 6.45) is 8.21. The van der Waals surface area contributed by atoms with E-state index < -0.39 is 0 Å². The molecule has 6 heteroatoms. The zero-order valence-corrected chi connectivity index (χ0v) is 16.0. The first-order valence-corrected chi connectivity index (χ1v) is 10.2. The van der Waals surface area contributed by atoms with Crippen molar-refractivity contribution in [2.75, 3.05) is 6.26 Å². The van der Waals surface area contributed by atoms with Gasteiger partial charge in [0.1, 0.15) is 5.75 Å². The van der Waals surface area contributed by atoms with Gasteiger partial charge in [0.05, 0.1) is 6.04 Å². The zero-order valence-electron chi connectivity index (χ0n) is 15.2. The van der Waals surface area contributed by atoms with Crippen molar-refractivity contribution in [1.29, 1.82) is 0 Å². The fraction of sp³-hybridized carbons (Fsp3) is 0.400. The number of benzene rings is 1. The molecule has 138 valence electrons. The van der Waals surface area contributed by atoms with Gasteiger partial charge in [-0.1, -0.05) is 6.92 Å². The normalized spacial score (nSPS) is 20.7. The Bertz CT molecular complexity index is 724. The summed E-state index contributed by atoms with van der Waals surface area (Å²) in [6, 6.07) is 11.8. The van der Waals surface area contributed by atoms with Crippen molar-refractivity contribution in [3.8, 4) is 11.6 Å². The minimum absolute atomic E-state index is 0.256. The fourth-order valence-corrected chi connectivity index (χ4v) is 3.48. The molecule has 1 heterocycles. The van der Waals surface area contributed by atoms with Crippen molar-refractivity contribution >= 4 is 17.6 Å². The molecule has 3 rings (SSSR count). The van der Waals surface area contributed by atoms with Crippen LogP contribution in [0.3, 0.4) is 0 Å². The quantitative estimate of drug-likeness (QED) is 0.339. The van der Waals surface area contributed by atoms with E-state index >= 15 is 0 Å². The largest absolute Gasteiger partial charge is 0.439 e. The van der Waals surface area contributed by atoms with Crippen molar-refractivity contribution < 1.29 is 9.94 Å². The number of amidine groups is 1. The molecule has 0 atom stereocenters. The summed E-state index contributed by atoms with van der Waals surface area (Å²) in [5, 5.41) is 9.47. The number of thioether (sulfide) groups is 1. The average molecular weight is 372 g/mol. The summed E-state index contributed by atoms with van der Waals surface area (Å²) in [7, 11) is 0. The van der Waals surface area contributed by atoms with Crippen molar-refractivity contribution in [2.24, 2.45) is 10.9 Å². The SMILES string of the molecule is CSc1ccc(Oc2ccc(C(=NC3CCC(C)CC3)NO)cn2)cc1. The number of hydrogen-bond donors (Lipinski definition) is 2. The Balaban J connectivity index is 1.66. The summed E-state index contributed by atoms with van der Waals surface area (Å²) in [5.41, 5.74) is 2.97. The molecule has 0 aliphatic heterocycles. The van der Waals surface area contributed by atoms with E-state index in [2.05, 4.69) is 22.4 Å². The molecule has 1 fully saturated rings. The van der Waals surface area contributed by atoms with Crippen LogP contribution in [0.2, 0.25) is 0 Å². The molecule has 0 radical (unpaired) electrons. The predicted octanol–water partition coefficient (Wildman–Crippen LogP) is 4.90. The van der Waals surface area contributed by atoms with Crippen LogP contribution in [0.4, 0.5) is 0 Å². The summed E-state index contributed by atoms with van der Waals surface area (Å²) < 4.78 is 5.76. The lowest BCUT2D eigenvalue weighted by Crippen LogP contribution is -2.25. The van der Waals surface area contributed by atoms with Crippen LogP contribution in [0.25, 0.3) is 0 Å². The molecule has 1 aromatic carbocycles. The minimum atomic E-state index is 0.256. The number of ether oxygens (including phenoxy) is 1. The molecule has 0 saturated heterocycles. The van der Waals surface area contributed by atoms with Gasteiger partial charge < -0.3 is 4.74 Å². The molecule has 2 aromatic rings. The third kappa shape index (κ3) is 4.99. The Hall–Kier alpha value is -2.05. The molecule has 0 spiro atoms. The van der Waals surface area contributed by atoms with E-state index in [9.17, 15) is 5.21 Å². The number of nitrogens with zero attached hydrogens (tertiary/aromatic N) is 2. The highest BCUT2D eigenvalue weighted by Gasteiger charge is 2.18. The monoisotopic (exact) mass is 371 g/mol. The highest BCUT2D eigenvalue weighted by Crippen LogP contribution is 2.26. The van der Waals surface area contributed by atoms with Gasteiger partial charge in [-0.05, 0) is 68.2 Å². The van der Waals surface area contributed by atoms with Gasteiger partial charge in [0.2, 0.25) is 5.88 Å². The van der Waals surface area contributed by atoms with Crippen molar-refractivity contribution in [3.63, 3.8) is 0 Å². The first kappa shape index (κ1) is 18.7. The topological polar surface area (TPSA) is 66.7 Å². The Kier molecular flexibility index (Phi) is 6.52. The summed E-state index contributed by atoms with van der Waals surface area (Å²) in [5.74, 6) is 2.49. The van der Waals surface area contributed by atoms with Crippen LogP contribution in [-0.4, -0.2) is 28.3 Å². The maximum Gasteiger partial charge on any atom is 0.219 e. The Morgan fingerprint density at radius 2 is 1.88 bits per heavy atom. The van der Waals surface area contributed by atoms with E-state index in [0.717, 1.165) is 30.1 Å². The lowest BCUT2D eigenvalue weighted by molar-refractivity contribution is 0.233. The maximum atomic E-state index is 9.47. The minimum Gasteiger partial charge on any atom is -0.439 e. The molecule has 1 aliphatic carbocycles. The summed E-state index contributed by atoms with van der Waals surface area (Å²) in [6.45, 7) is 2.28. The second kappa shape index (κ2) is 9.05. The molecule has 1 saturated carbocycles. The van der Waals surface area contributed by atoms with Crippen LogP contribution >= 0.6 is 11.8 Å². The number of rotatable bonds is 5. The molecule has 1 aromatic heterocycles. The average Bonchev–Trinajstić information content (AvgIpc) is 2.69. The lowest BCUT2D eigenvalue weighted by atomic mass is 9.88. The molecule has 5 nitrogen and oxygen atoms in total. The molecule has 0 bridgehead atoms. The van der Waals surface area contributed by atoms with Gasteiger partial charge in [-0.25, -0.2) is 4.98 Å². The molecular formula is C20H25N3O2S.